The smallest absolute Gasteiger partial charge is 0.282 e. The maximum atomic E-state index is 10.8. The zero-order chi connectivity index (χ0) is 14.6. The van der Waals surface area contributed by atoms with E-state index in [2.05, 4.69) is 26.1 Å². The number of nitro benzene ring substituents is 1. The van der Waals surface area contributed by atoms with E-state index in [1.807, 2.05) is 22.6 Å². The monoisotopic (exact) mass is 377 g/mol. The van der Waals surface area contributed by atoms with Gasteiger partial charge in [-0.1, -0.05) is 13.8 Å². The lowest BCUT2D eigenvalue weighted by Gasteiger charge is -2.32. The van der Waals surface area contributed by atoms with Gasteiger partial charge in [0, 0.05) is 23.8 Å². The van der Waals surface area contributed by atoms with E-state index < -0.39 is 0 Å². The summed E-state index contributed by atoms with van der Waals surface area (Å²) in [5.41, 5.74) is 6.64. The van der Waals surface area contributed by atoms with Crippen LogP contribution in [0.1, 0.15) is 27.2 Å². The molecule has 1 unspecified atom stereocenters. The minimum Gasteiger partial charge on any atom is -0.379 e. The molecule has 1 rings (SSSR count). The van der Waals surface area contributed by atoms with Crippen LogP contribution in [0.3, 0.4) is 0 Å². The van der Waals surface area contributed by atoms with Gasteiger partial charge in [-0.25, -0.2) is 0 Å². The number of nitro groups is 1. The second kappa shape index (κ2) is 6.51. The van der Waals surface area contributed by atoms with E-state index in [0.29, 0.717) is 16.0 Å². The molecule has 0 aliphatic heterocycles. The van der Waals surface area contributed by atoms with Gasteiger partial charge >= 0.3 is 0 Å². The molecule has 0 spiro atoms. The van der Waals surface area contributed by atoms with Crippen molar-refractivity contribution in [3.63, 3.8) is 0 Å². The van der Waals surface area contributed by atoms with Gasteiger partial charge in [0.15, 0.2) is 0 Å². The highest BCUT2D eigenvalue weighted by Crippen LogP contribution is 2.27. The number of hydrogen-bond donors (Lipinski definition) is 2. The Kier molecular flexibility index (Phi) is 5.54. The van der Waals surface area contributed by atoms with Gasteiger partial charge < -0.3 is 11.1 Å². The molecule has 6 heteroatoms. The molecule has 3 N–H and O–H groups in total. The average Bonchev–Trinajstić information content (AvgIpc) is 2.27. The predicted molar refractivity (Wildman–Crippen MR) is 86.4 cm³/mol. The van der Waals surface area contributed by atoms with Crippen molar-refractivity contribution < 1.29 is 4.92 Å². The molecule has 0 saturated heterocycles. The fourth-order valence-corrected chi connectivity index (χ4v) is 2.88. The van der Waals surface area contributed by atoms with Crippen LogP contribution in [-0.4, -0.2) is 17.0 Å². The van der Waals surface area contributed by atoms with Crippen LogP contribution < -0.4 is 11.1 Å². The van der Waals surface area contributed by atoms with E-state index in [-0.39, 0.29) is 16.1 Å². The van der Waals surface area contributed by atoms with Crippen molar-refractivity contribution in [1.29, 1.82) is 0 Å². The summed E-state index contributed by atoms with van der Waals surface area (Å²) in [6.45, 7) is 6.88. The quantitative estimate of drug-likeness (QED) is 0.453. The van der Waals surface area contributed by atoms with E-state index in [4.69, 9.17) is 5.73 Å². The molecule has 0 bridgehead atoms. The van der Waals surface area contributed by atoms with Gasteiger partial charge in [-0.2, -0.15) is 0 Å². The summed E-state index contributed by atoms with van der Waals surface area (Å²) in [4.78, 5) is 10.4. The molecule has 0 fully saturated rings. The van der Waals surface area contributed by atoms with Crippen LogP contribution in [0.5, 0.6) is 0 Å². The van der Waals surface area contributed by atoms with Crippen molar-refractivity contribution in [2.45, 2.75) is 32.7 Å². The fourth-order valence-electron chi connectivity index (χ4n) is 2.17. The largest absolute Gasteiger partial charge is 0.379 e. The summed E-state index contributed by atoms with van der Waals surface area (Å²) >= 11 is 1.98. The third-order valence-electron chi connectivity index (χ3n) is 2.90. The number of anilines is 1. The van der Waals surface area contributed by atoms with Crippen molar-refractivity contribution in [2.75, 3.05) is 11.9 Å². The summed E-state index contributed by atoms with van der Waals surface area (Å²) in [6, 6.07) is 5.04. The maximum Gasteiger partial charge on any atom is 0.282 e. The first-order valence-corrected chi connectivity index (χ1v) is 7.27. The maximum absolute atomic E-state index is 10.8. The second-order valence-corrected chi connectivity index (χ2v) is 6.57. The van der Waals surface area contributed by atoms with E-state index in [0.717, 1.165) is 12.1 Å². The number of rotatable bonds is 6. The minimum atomic E-state index is -0.373. The Morgan fingerprint density at radius 3 is 2.58 bits per heavy atom. The Hall–Kier alpha value is -0.890. The number of nitrogens with two attached hydrogens (primary N) is 1. The summed E-state index contributed by atoms with van der Waals surface area (Å²) in [5.74, 6) is 0.526. The molecule has 0 heterocycles. The number of nitrogens with one attached hydrogen (secondary N) is 1. The Balaban J connectivity index is 2.92. The Morgan fingerprint density at radius 2 is 2.16 bits per heavy atom. The van der Waals surface area contributed by atoms with Crippen LogP contribution in [0, 0.1) is 19.6 Å². The lowest BCUT2D eigenvalue weighted by molar-refractivity contribution is -0.385. The van der Waals surface area contributed by atoms with Crippen molar-refractivity contribution in [1.82, 2.24) is 0 Å². The molecule has 106 valence electrons. The molecule has 5 nitrogen and oxygen atoms in total. The fraction of sp³-hybridized carbons (Fsp3) is 0.538. The average molecular weight is 377 g/mol. The van der Waals surface area contributed by atoms with Gasteiger partial charge in [-0.15, -0.1) is 0 Å². The van der Waals surface area contributed by atoms with Gasteiger partial charge in [0.25, 0.3) is 5.69 Å². The number of nitrogens with zero attached hydrogens (tertiary/aromatic N) is 1. The molecule has 1 atom stereocenters. The molecule has 0 aliphatic carbocycles. The Bertz CT molecular complexity index is 465. The molecule has 0 aliphatic rings. The third-order valence-corrected chi connectivity index (χ3v) is 3.76. The molecular formula is C13H20IN3O2. The standard InChI is InChI=1S/C13H20IN3O2/c1-9(2)7-13(3,8-15)16-10-4-5-12(17(18)19)11(14)6-10/h4-6,9,16H,7-8,15H2,1-3H3. The first-order chi connectivity index (χ1) is 8.77. The van der Waals surface area contributed by atoms with Crippen LogP contribution in [0.4, 0.5) is 11.4 Å². The molecule has 1 aromatic rings. The molecule has 0 saturated carbocycles. The summed E-state index contributed by atoms with van der Waals surface area (Å²) in [6.07, 6.45) is 0.942. The van der Waals surface area contributed by atoms with E-state index in [1.54, 1.807) is 12.1 Å². The van der Waals surface area contributed by atoms with Crippen molar-refractivity contribution in [3.05, 3.63) is 31.9 Å². The van der Waals surface area contributed by atoms with Crippen LogP contribution in [0.15, 0.2) is 18.2 Å². The van der Waals surface area contributed by atoms with Crippen molar-refractivity contribution >= 4 is 34.0 Å². The minimum absolute atomic E-state index is 0.129. The van der Waals surface area contributed by atoms with Crippen LogP contribution in [0.2, 0.25) is 0 Å². The molecule has 1 aromatic carbocycles. The molecule has 0 aromatic heterocycles. The van der Waals surface area contributed by atoms with Crippen LogP contribution in [0.25, 0.3) is 0 Å². The lowest BCUT2D eigenvalue weighted by Crippen LogP contribution is -2.43. The zero-order valence-corrected chi connectivity index (χ0v) is 13.6. The molecular weight excluding hydrogens is 357 g/mol. The highest BCUT2D eigenvalue weighted by molar-refractivity contribution is 14.1. The van der Waals surface area contributed by atoms with Crippen LogP contribution >= 0.6 is 22.6 Å². The molecule has 19 heavy (non-hydrogen) atoms. The van der Waals surface area contributed by atoms with Gasteiger partial charge in [0.2, 0.25) is 0 Å². The first-order valence-electron chi connectivity index (χ1n) is 6.19. The summed E-state index contributed by atoms with van der Waals surface area (Å²) in [7, 11) is 0. The van der Waals surface area contributed by atoms with Gasteiger partial charge in [0.05, 0.1) is 8.49 Å². The molecule has 0 amide bonds. The highest BCUT2D eigenvalue weighted by Gasteiger charge is 2.24. The van der Waals surface area contributed by atoms with Gasteiger partial charge in [-0.05, 0) is 54.0 Å². The predicted octanol–water partition coefficient (Wildman–Crippen LogP) is 3.37. The number of hydrogen-bond acceptors (Lipinski definition) is 4. The van der Waals surface area contributed by atoms with Crippen molar-refractivity contribution in [2.24, 2.45) is 11.7 Å². The van der Waals surface area contributed by atoms with E-state index in [1.165, 1.54) is 6.07 Å². The Morgan fingerprint density at radius 1 is 1.53 bits per heavy atom. The van der Waals surface area contributed by atoms with E-state index >= 15 is 0 Å². The lowest BCUT2D eigenvalue weighted by atomic mass is 9.90. The van der Waals surface area contributed by atoms with E-state index in [9.17, 15) is 10.1 Å². The second-order valence-electron chi connectivity index (χ2n) is 5.41. The van der Waals surface area contributed by atoms with Crippen molar-refractivity contribution in [3.8, 4) is 0 Å². The van der Waals surface area contributed by atoms with Crippen LogP contribution in [-0.2, 0) is 0 Å². The SMILES string of the molecule is CC(C)CC(C)(CN)Nc1ccc([N+](=O)[O-])c(I)c1. The summed E-state index contributed by atoms with van der Waals surface area (Å²) in [5, 5.41) is 14.2. The molecule has 0 radical (unpaired) electrons. The first kappa shape index (κ1) is 16.2. The zero-order valence-electron chi connectivity index (χ0n) is 11.4. The van der Waals surface area contributed by atoms with Gasteiger partial charge in [0.1, 0.15) is 0 Å². The number of benzene rings is 1. The number of halogens is 1. The Labute approximate surface area is 127 Å². The third kappa shape index (κ3) is 4.61. The summed E-state index contributed by atoms with van der Waals surface area (Å²) < 4.78 is 0.622. The van der Waals surface area contributed by atoms with Gasteiger partial charge in [-0.3, -0.25) is 10.1 Å². The topological polar surface area (TPSA) is 81.2 Å². The highest BCUT2D eigenvalue weighted by atomic mass is 127. The normalized spacial score (nSPS) is 14.2.